The van der Waals surface area contributed by atoms with Gasteiger partial charge in [0.15, 0.2) is 0 Å². The van der Waals surface area contributed by atoms with Crippen LogP contribution in [0.4, 0.5) is 5.69 Å². The molecule has 1 aliphatic heterocycles. The van der Waals surface area contributed by atoms with Gasteiger partial charge in [-0.3, -0.25) is 4.79 Å². The highest BCUT2D eigenvalue weighted by atomic mass is 16.5. The van der Waals surface area contributed by atoms with Crippen LogP contribution in [0.1, 0.15) is 41.1 Å². The van der Waals surface area contributed by atoms with Crippen LogP contribution in [0.3, 0.4) is 0 Å². The maximum atomic E-state index is 11.9. The second-order valence-corrected chi connectivity index (χ2v) is 6.12. The van der Waals surface area contributed by atoms with Crippen molar-refractivity contribution in [2.75, 3.05) is 11.9 Å². The van der Waals surface area contributed by atoms with Gasteiger partial charge in [-0.2, -0.15) is 0 Å². The van der Waals surface area contributed by atoms with Crippen LogP contribution in [0.25, 0.3) is 0 Å². The molecule has 0 fully saturated rings. The second-order valence-electron chi connectivity index (χ2n) is 6.12. The number of carbonyl (C=O) groups excluding carboxylic acids is 1. The molecule has 0 saturated heterocycles. The van der Waals surface area contributed by atoms with Gasteiger partial charge in [-0.25, -0.2) is 0 Å². The lowest BCUT2D eigenvalue weighted by molar-refractivity contribution is -0.116. The zero-order valence-corrected chi connectivity index (χ0v) is 13.7. The molecule has 2 aromatic carbocycles. The van der Waals surface area contributed by atoms with Crippen molar-refractivity contribution in [2.45, 2.75) is 32.7 Å². The minimum atomic E-state index is -0.234. The number of anilines is 1. The van der Waals surface area contributed by atoms with Gasteiger partial charge in [0.25, 0.3) is 0 Å². The van der Waals surface area contributed by atoms with Crippen LogP contribution in [0.5, 0.6) is 5.75 Å². The van der Waals surface area contributed by atoms with E-state index in [1.165, 1.54) is 0 Å². The van der Waals surface area contributed by atoms with Gasteiger partial charge < -0.3 is 15.8 Å². The minimum absolute atomic E-state index is 0.0498. The highest BCUT2D eigenvalue weighted by Gasteiger charge is 2.30. The molecule has 2 atom stereocenters. The van der Waals surface area contributed by atoms with Crippen molar-refractivity contribution >= 4 is 11.6 Å². The van der Waals surface area contributed by atoms with Crippen LogP contribution in [0, 0.1) is 13.8 Å². The number of benzene rings is 2. The summed E-state index contributed by atoms with van der Waals surface area (Å²) in [6, 6.07) is 11.5. The zero-order valence-electron chi connectivity index (χ0n) is 13.7. The number of ether oxygens (including phenoxy) is 1. The highest BCUT2D eigenvalue weighted by Crippen LogP contribution is 2.39. The fraction of sp³-hybridized carbons (Fsp3) is 0.316. The third kappa shape index (κ3) is 2.82. The number of hydrogen-bond acceptors (Lipinski definition) is 3. The Morgan fingerprint density at radius 2 is 1.91 bits per heavy atom. The smallest absolute Gasteiger partial charge is 0.231 e. The van der Waals surface area contributed by atoms with E-state index in [4.69, 9.17) is 10.5 Å². The summed E-state index contributed by atoms with van der Waals surface area (Å²) in [4.78, 5) is 11.9. The number of carbonyl (C=O) groups is 1. The number of hydrogen-bond donors (Lipinski definition) is 2. The lowest BCUT2D eigenvalue weighted by Gasteiger charge is -2.20. The first-order valence-electron chi connectivity index (χ1n) is 7.87. The van der Waals surface area contributed by atoms with Crippen LogP contribution < -0.4 is 15.8 Å². The average Bonchev–Trinajstić information content (AvgIpc) is 2.85. The number of rotatable bonds is 4. The van der Waals surface area contributed by atoms with Crippen molar-refractivity contribution in [1.29, 1.82) is 0 Å². The molecule has 4 nitrogen and oxygen atoms in total. The van der Waals surface area contributed by atoms with Gasteiger partial charge in [-0.1, -0.05) is 24.3 Å². The molecule has 3 N–H and O–H groups in total. The SMILES string of the molecule is Cc1c(C(N)COc2ccccc2)cc2c(c1C)NC(=O)C2C. The van der Waals surface area contributed by atoms with Gasteiger partial charge in [0, 0.05) is 5.69 Å². The second kappa shape index (κ2) is 6.05. The van der Waals surface area contributed by atoms with Crippen molar-refractivity contribution in [3.8, 4) is 5.75 Å². The standard InChI is InChI=1S/C19H22N2O2/c1-11-12(2)18-16(13(3)19(22)21-18)9-15(11)17(20)10-23-14-7-5-4-6-8-14/h4-9,13,17H,10,20H2,1-3H3,(H,21,22). The number of nitrogens with one attached hydrogen (secondary N) is 1. The summed E-state index contributed by atoms with van der Waals surface area (Å²) < 4.78 is 5.78. The van der Waals surface area contributed by atoms with E-state index >= 15 is 0 Å². The molecule has 120 valence electrons. The molecule has 0 aliphatic carbocycles. The summed E-state index contributed by atoms with van der Waals surface area (Å²) in [6.45, 7) is 6.40. The van der Waals surface area contributed by atoms with E-state index in [1.54, 1.807) is 0 Å². The Balaban J connectivity index is 1.85. The van der Waals surface area contributed by atoms with E-state index in [2.05, 4.69) is 11.4 Å². The van der Waals surface area contributed by atoms with Crippen LogP contribution in [-0.2, 0) is 4.79 Å². The quantitative estimate of drug-likeness (QED) is 0.909. The van der Waals surface area contributed by atoms with Crippen LogP contribution in [0.15, 0.2) is 36.4 Å². The molecule has 1 heterocycles. The van der Waals surface area contributed by atoms with Gasteiger partial charge >= 0.3 is 0 Å². The summed E-state index contributed by atoms with van der Waals surface area (Å²) in [5, 5.41) is 2.97. The third-order valence-electron chi connectivity index (χ3n) is 4.65. The monoisotopic (exact) mass is 310 g/mol. The van der Waals surface area contributed by atoms with Gasteiger partial charge in [0.2, 0.25) is 5.91 Å². The fourth-order valence-corrected chi connectivity index (χ4v) is 3.03. The molecule has 2 unspecified atom stereocenters. The first-order valence-corrected chi connectivity index (χ1v) is 7.87. The van der Waals surface area contributed by atoms with Gasteiger partial charge in [0.05, 0.1) is 12.0 Å². The molecule has 0 aromatic heterocycles. The number of nitrogens with two attached hydrogens (primary N) is 1. The van der Waals surface area contributed by atoms with E-state index in [0.717, 1.165) is 33.7 Å². The van der Waals surface area contributed by atoms with E-state index in [-0.39, 0.29) is 17.9 Å². The van der Waals surface area contributed by atoms with Crippen molar-refractivity contribution in [2.24, 2.45) is 5.73 Å². The molecule has 2 aromatic rings. The van der Waals surface area contributed by atoms with E-state index in [9.17, 15) is 4.79 Å². The Bertz CT molecular complexity index is 741. The third-order valence-corrected chi connectivity index (χ3v) is 4.65. The minimum Gasteiger partial charge on any atom is -0.492 e. The van der Waals surface area contributed by atoms with E-state index < -0.39 is 0 Å². The van der Waals surface area contributed by atoms with Crippen molar-refractivity contribution < 1.29 is 9.53 Å². The van der Waals surface area contributed by atoms with Gasteiger partial charge in [-0.05, 0) is 55.2 Å². The van der Waals surface area contributed by atoms with Crippen molar-refractivity contribution in [3.63, 3.8) is 0 Å². The topological polar surface area (TPSA) is 64.3 Å². The maximum absolute atomic E-state index is 11.9. The fourth-order valence-electron chi connectivity index (χ4n) is 3.03. The van der Waals surface area contributed by atoms with Gasteiger partial charge in [-0.15, -0.1) is 0 Å². The van der Waals surface area contributed by atoms with Crippen molar-refractivity contribution in [1.82, 2.24) is 0 Å². The molecule has 3 rings (SSSR count). The predicted molar refractivity (Wildman–Crippen MR) is 91.8 cm³/mol. The summed E-state index contributed by atoms with van der Waals surface area (Å²) in [7, 11) is 0. The van der Waals surface area contributed by atoms with Gasteiger partial charge in [0.1, 0.15) is 12.4 Å². The molecular formula is C19H22N2O2. The molecule has 0 bridgehead atoms. The maximum Gasteiger partial charge on any atom is 0.231 e. The molecule has 0 spiro atoms. The first kappa shape index (κ1) is 15.6. The largest absolute Gasteiger partial charge is 0.492 e. The lowest BCUT2D eigenvalue weighted by atomic mass is 9.90. The lowest BCUT2D eigenvalue weighted by Crippen LogP contribution is -2.20. The Labute approximate surface area is 136 Å². The molecule has 1 amide bonds. The Kier molecular flexibility index (Phi) is 4.09. The van der Waals surface area contributed by atoms with Crippen LogP contribution in [-0.4, -0.2) is 12.5 Å². The summed E-state index contributed by atoms with van der Waals surface area (Å²) in [6.07, 6.45) is 0. The molecule has 0 saturated carbocycles. The molecule has 0 radical (unpaired) electrons. The number of fused-ring (bicyclic) bond motifs is 1. The highest BCUT2D eigenvalue weighted by molar-refractivity contribution is 6.03. The first-order chi connectivity index (χ1) is 11.0. The normalized spacial score (nSPS) is 17.6. The van der Waals surface area contributed by atoms with E-state index in [0.29, 0.717) is 6.61 Å². The molecule has 4 heteroatoms. The molecule has 1 aliphatic rings. The number of para-hydroxylation sites is 1. The van der Waals surface area contributed by atoms with Crippen LogP contribution in [0.2, 0.25) is 0 Å². The summed E-state index contributed by atoms with van der Waals surface area (Å²) >= 11 is 0. The van der Waals surface area contributed by atoms with Crippen LogP contribution >= 0.6 is 0 Å². The predicted octanol–water partition coefficient (Wildman–Crippen LogP) is 3.44. The Morgan fingerprint density at radius 3 is 2.61 bits per heavy atom. The average molecular weight is 310 g/mol. The molecular weight excluding hydrogens is 288 g/mol. The number of amides is 1. The Hall–Kier alpha value is -2.33. The Morgan fingerprint density at radius 1 is 1.22 bits per heavy atom. The van der Waals surface area contributed by atoms with E-state index in [1.807, 2.05) is 51.1 Å². The summed E-state index contributed by atoms with van der Waals surface area (Å²) in [5.74, 6) is 0.725. The zero-order chi connectivity index (χ0) is 16.6. The summed E-state index contributed by atoms with van der Waals surface area (Å²) in [5.41, 5.74) is 11.6. The molecule has 23 heavy (non-hydrogen) atoms. The van der Waals surface area contributed by atoms with Crippen molar-refractivity contribution in [3.05, 3.63) is 58.7 Å².